The highest BCUT2D eigenvalue weighted by molar-refractivity contribution is 6.03. The third-order valence-corrected chi connectivity index (χ3v) is 2.69. The SMILES string of the molecule is CC(C(=O)O)C(=O)Nc1ccc(OCCN(C)C)cc1. The van der Waals surface area contributed by atoms with Crippen LogP contribution >= 0.6 is 0 Å². The average Bonchev–Trinajstić information content (AvgIpc) is 2.39. The predicted octanol–water partition coefficient (Wildman–Crippen LogP) is 1.29. The molecular formula is C14H20N2O4. The van der Waals surface area contributed by atoms with E-state index in [0.29, 0.717) is 18.0 Å². The summed E-state index contributed by atoms with van der Waals surface area (Å²) >= 11 is 0. The zero-order chi connectivity index (χ0) is 15.1. The lowest BCUT2D eigenvalue weighted by Crippen LogP contribution is -2.26. The number of anilines is 1. The van der Waals surface area contributed by atoms with Crippen LogP contribution in [0.5, 0.6) is 5.75 Å². The number of carboxylic acid groups (broad SMARTS) is 1. The number of nitrogens with zero attached hydrogens (tertiary/aromatic N) is 1. The van der Waals surface area contributed by atoms with Crippen molar-refractivity contribution >= 4 is 17.6 Å². The number of likely N-dealkylation sites (N-methyl/N-ethyl adjacent to an activating group) is 1. The van der Waals surface area contributed by atoms with Gasteiger partial charge in [-0.15, -0.1) is 0 Å². The Morgan fingerprint density at radius 2 is 1.90 bits per heavy atom. The topological polar surface area (TPSA) is 78.9 Å². The highest BCUT2D eigenvalue weighted by Crippen LogP contribution is 2.16. The van der Waals surface area contributed by atoms with Crippen molar-refractivity contribution in [3.05, 3.63) is 24.3 Å². The van der Waals surface area contributed by atoms with E-state index < -0.39 is 17.8 Å². The van der Waals surface area contributed by atoms with Crippen LogP contribution in [0.15, 0.2) is 24.3 Å². The number of hydrogen-bond acceptors (Lipinski definition) is 4. The van der Waals surface area contributed by atoms with Crippen molar-refractivity contribution in [1.29, 1.82) is 0 Å². The lowest BCUT2D eigenvalue weighted by atomic mass is 10.1. The van der Waals surface area contributed by atoms with E-state index in [9.17, 15) is 9.59 Å². The first-order valence-electron chi connectivity index (χ1n) is 6.31. The molecule has 1 unspecified atom stereocenters. The van der Waals surface area contributed by atoms with E-state index in [1.807, 2.05) is 19.0 Å². The molecule has 0 aromatic heterocycles. The summed E-state index contributed by atoms with van der Waals surface area (Å²) in [5, 5.41) is 11.3. The minimum absolute atomic E-state index is 0.543. The minimum atomic E-state index is -1.15. The minimum Gasteiger partial charge on any atom is -0.492 e. The molecule has 0 heterocycles. The first-order chi connectivity index (χ1) is 9.40. The van der Waals surface area contributed by atoms with Crippen LogP contribution in [0, 0.1) is 5.92 Å². The van der Waals surface area contributed by atoms with Crippen LogP contribution in [0.4, 0.5) is 5.69 Å². The molecule has 0 aliphatic heterocycles. The van der Waals surface area contributed by atoms with Gasteiger partial charge in [0.05, 0.1) is 0 Å². The van der Waals surface area contributed by atoms with Crippen LogP contribution < -0.4 is 10.1 Å². The van der Waals surface area contributed by atoms with Gasteiger partial charge in [0.25, 0.3) is 0 Å². The van der Waals surface area contributed by atoms with Crippen LogP contribution in [0.25, 0.3) is 0 Å². The molecule has 6 nitrogen and oxygen atoms in total. The van der Waals surface area contributed by atoms with E-state index in [4.69, 9.17) is 9.84 Å². The van der Waals surface area contributed by atoms with Crippen molar-refractivity contribution in [3.63, 3.8) is 0 Å². The van der Waals surface area contributed by atoms with E-state index in [-0.39, 0.29) is 0 Å². The third kappa shape index (κ3) is 5.27. The van der Waals surface area contributed by atoms with Gasteiger partial charge in [0.2, 0.25) is 5.91 Å². The Kier molecular flexibility index (Phi) is 5.99. The third-order valence-electron chi connectivity index (χ3n) is 2.69. The largest absolute Gasteiger partial charge is 0.492 e. The van der Waals surface area contributed by atoms with E-state index in [0.717, 1.165) is 6.54 Å². The Hall–Kier alpha value is -2.08. The molecule has 20 heavy (non-hydrogen) atoms. The van der Waals surface area contributed by atoms with Crippen LogP contribution in [0.3, 0.4) is 0 Å². The highest BCUT2D eigenvalue weighted by atomic mass is 16.5. The fourth-order valence-electron chi connectivity index (χ4n) is 1.34. The van der Waals surface area contributed by atoms with Crippen molar-refractivity contribution in [2.75, 3.05) is 32.6 Å². The van der Waals surface area contributed by atoms with Crippen LogP contribution in [-0.2, 0) is 9.59 Å². The summed E-state index contributed by atoms with van der Waals surface area (Å²) in [7, 11) is 3.93. The lowest BCUT2D eigenvalue weighted by molar-refractivity contribution is -0.144. The summed E-state index contributed by atoms with van der Waals surface area (Å²) in [6.45, 7) is 2.74. The summed E-state index contributed by atoms with van der Waals surface area (Å²) in [6, 6.07) is 6.82. The lowest BCUT2D eigenvalue weighted by Gasteiger charge is -2.12. The Balaban J connectivity index is 2.50. The molecule has 2 N–H and O–H groups in total. The number of benzene rings is 1. The van der Waals surface area contributed by atoms with Gasteiger partial charge in [-0.05, 0) is 45.3 Å². The molecule has 1 amide bonds. The van der Waals surface area contributed by atoms with Gasteiger partial charge in [-0.2, -0.15) is 0 Å². The second kappa shape index (κ2) is 7.49. The summed E-state index contributed by atoms with van der Waals surface area (Å²) < 4.78 is 5.51. The summed E-state index contributed by atoms with van der Waals surface area (Å²) in [5.74, 6) is -2.06. The predicted molar refractivity (Wildman–Crippen MR) is 75.9 cm³/mol. The molecule has 6 heteroatoms. The zero-order valence-electron chi connectivity index (χ0n) is 11.9. The standard InChI is InChI=1S/C14H20N2O4/c1-10(14(18)19)13(17)15-11-4-6-12(7-5-11)20-9-8-16(2)3/h4-7,10H,8-9H2,1-3H3,(H,15,17)(H,18,19). The molecule has 0 saturated carbocycles. The van der Waals surface area contributed by atoms with Gasteiger partial charge in [0.1, 0.15) is 18.3 Å². The maximum absolute atomic E-state index is 11.6. The van der Waals surface area contributed by atoms with Crippen LogP contribution in [-0.4, -0.2) is 49.1 Å². The second-order valence-corrected chi connectivity index (χ2v) is 4.73. The molecule has 0 radical (unpaired) electrons. The number of carbonyl (C=O) groups excluding carboxylic acids is 1. The first-order valence-corrected chi connectivity index (χ1v) is 6.31. The van der Waals surface area contributed by atoms with E-state index in [2.05, 4.69) is 5.32 Å². The fraction of sp³-hybridized carbons (Fsp3) is 0.429. The van der Waals surface area contributed by atoms with Crippen molar-refractivity contribution in [1.82, 2.24) is 4.90 Å². The Morgan fingerprint density at radius 1 is 1.30 bits per heavy atom. The quantitative estimate of drug-likeness (QED) is 0.736. The normalized spacial score (nSPS) is 12.0. The number of nitrogens with one attached hydrogen (secondary N) is 1. The van der Waals surface area contributed by atoms with E-state index in [1.54, 1.807) is 24.3 Å². The maximum Gasteiger partial charge on any atom is 0.315 e. The number of rotatable bonds is 7. The van der Waals surface area contributed by atoms with E-state index >= 15 is 0 Å². The monoisotopic (exact) mass is 280 g/mol. The number of amides is 1. The number of carboxylic acids is 1. The average molecular weight is 280 g/mol. The van der Waals surface area contributed by atoms with Gasteiger partial charge in [-0.1, -0.05) is 0 Å². The van der Waals surface area contributed by atoms with Crippen LogP contribution in [0.1, 0.15) is 6.92 Å². The number of ether oxygens (including phenoxy) is 1. The number of hydrogen-bond donors (Lipinski definition) is 2. The van der Waals surface area contributed by atoms with Gasteiger partial charge in [0, 0.05) is 12.2 Å². The highest BCUT2D eigenvalue weighted by Gasteiger charge is 2.20. The Morgan fingerprint density at radius 3 is 2.40 bits per heavy atom. The summed E-state index contributed by atoms with van der Waals surface area (Å²) in [4.78, 5) is 24.2. The molecule has 0 aliphatic rings. The zero-order valence-corrected chi connectivity index (χ0v) is 11.9. The molecule has 0 bridgehead atoms. The molecule has 1 rings (SSSR count). The smallest absolute Gasteiger partial charge is 0.315 e. The molecular weight excluding hydrogens is 260 g/mol. The van der Waals surface area contributed by atoms with Crippen molar-refractivity contribution in [2.24, 2.45) is 5.92 Å². The van der Waals surface area contributed by atoms with E-state index in [1.165, 1.54) is 6.92 Å². The van der Waals surface area contributed by atoms with Gasteiger partial charge in [0.15, 0.2) is 0 Å². The molecule has 0 aliphatic carbocycles. The molecule has 0 spiro atoms. The first kappa shape index (κ1) is 16.0. The van der Waals surface area contributed by atoms with Crippen molar-refractivity contribution < 1.29 is 19.4 Å². The molecule has 1 aromatic rings. The maximum atomic E-state index is 11.6. The number of carbonyl (C=O) groups is 2. The molecule has 0 fully saturated rings. The molecule has 110 valence electrons. The van der Waals surface area contributed by atoms with Crippen LogP contribution in [0.2, 0.25) is 0 Å². The molecule has 0 saturated heterocycles. The van der Waals surface area contributed by atoms with Crippen molar-refractivity contribution in [3.8, 4) is 5.75 Å². The van der Waals surface area contributed by atoms with Gasteiger partial charge in [-0.25, -0.2) is 0 Å². The Bertz CT molecular complexity index is 457. The van der Waals surface area contributed by atoms with Gasteiger partial charge < -0.3 is 20.1 Å². The fourth-order valence-corrected chi connectivity index (χ4v) is 1.34. The Labute approximate surface area is 118 Å². The molecule has 1 aromatic carbocycles. The number of aliphatic carboxylic acids is 1. The summed E-state index contributed by atoms with van der Waals surface area (Å²) in [5.41, 5.74) is 0.544. The molecule has 1 atom stereocenters. The van der Waals surface area contributed by atoms with Crippen molar-refractivity contribution in [2.45, 2.75) is 6.92 Å². The van der Waals surface area contributed by atoms with Gasteiger partial charge in [-0.3, -0.25) is 9.59 Å². The summed E-state index contributed by atoms with van der Waals surface area (Å²) in [6.07, 6.45) is 0. The second-order valence-electron chi connectivity index (χ2n) is 4.73. The van der Waals surface area contributed by atoms with Gasteiger partial charge >= 0.3 is 5.97 Å².